The molecule has 6 heteroatoms. The zero-order chi connectivity index (χ0) is 15.2. The molecule has 0 aromatic heterocycles. The van der Waals surface area contributed by atoms with Crippen LogP contribution in [0.3, 0.4) is 0 Å². The summed E-state index contributed by atoms with van der Waals surface area (Å²) in [6, 6.07) is 7.80. The Kier molecular flexibility index (Phi) is 5.30. The molecule has 1 fully saturated rings. The molecular formula is C15H22N4O2. The number of nitrogens with one attached hydrogen (secondary N) is 1. The first-order valence-electron chi connectivity index (χ1n) is 7.18. The number of amides is 2. The van der Waals surface area contributed by atoms with Crippen LogP contribution in [0.15, 0.2) is 24.3 Å². The summed E-state index contributed by atoms with van der Waals surface area (Å²) in [5, 5.41) is 0. The van der Waals surface area contributed by atoms with Gasteiger partial charge >= 0.3 is 0 Å². The van der Waals surface area contributed by atoms with Gasteiger partial charge in [-0.2, -0.15) is 0 Å². The molecule has 1 unspecified atom stereocenters. The predicted molar refractivity (Wildman–Crippen MR) is 79.7 cm³/mol. The SMILES string of the molecule is NNC(=O)Cc1ccccc1CN1CCCC(C(N)=O)C1. The third-order valence-electron chi connectivity index (χ3n) is 3.93. The number of hydrazine groups is 1. The van der Waals surface area contributed by atoms with Crippen molar-refractivity contribution >= 4 is 11.8 Å². The molecule has 2 rings (SSSR count). The Morgan fingerprint density at radius 2 is 2.00 bits per heavy atom. The van der Waals surface area contributed by atoms with E-state index in [1.165, 1.54) is 0 Å². The molecule has 1 aromatic carbocycles. The number of likely N-dealkylation sites (tertiary alicyclic amines) is 1. The first kappa shape index (κ1) is 15.5. The van der Waals surface area contributed by atoms with Crippen LogP contribution in [0.1, 0.15) is 24.0 Å². The molecule has 1 saturated heterocycles. The third-order valence-corrected chi connectivity index (χ3v) is 3.93. The lowest BCUT2D eigenvalue weighted by Gasteiger charge is -2.31. The van der Waals surface area contributed by atoms with Crippen molar-refractivity contribution in [1.29, 1.82) is 0 Å². The fourth-order valence-electron chi connectivity index (χ4n) is 2.78. The summed E-state index contributed by atoms with van der Waals surface area (Å²) in [6.07, 6.45) is 2.10. The van der Waals surface area contributed by atoms with E-state index in [0.717, 1.165) is 37.1 Å². The van der Waals surface area contributed by atoms with E-state index in [2.05, 4.69) is 10.3 Å². The molecule has 21 heavy (non-hydrogen) atoms. The largest absolute Gasteiger partial charge is 0.369 e. The molecule has 0 spiro atoms. The molecule has 6 nitrogen and oxygen atoms in total. The zero-order valence-electron chi connectivity index (χ0n) is 12.0. The van der Waals surface area contributed by atoms with E-state index < -0.39 is 0 Å². The van der Waals surface area contributed by atoms with Crippen LogP contribution in [0, 0.1) is 5.92 Å². The summed E-state index contributed by atoms with van der Waals surface area (Å²) < 4.78 is 0. The lowest BCUT2D eigenvalue weighted by molar-refractivity contribution is -0.123. The molecule has 1 heterocycles. The van der Waals surface area contributed by atoms with E-state index in [4.69, 9.17) is 11.6 Å². The summed E-state index contributed by atoms with van der Waals surface area (Å²) in [5.41, 5.74) is 9.61. The molecule has 1 aliphatic heterocycles. The van der Waals surface area contributed by atoms with Crippen LogP contribution in [-0.2, 0) is 22.6 Å². The molecule has 2 amide bonds. The van der Waals surface area contributed by atoms with Gasteiger partial charge in [-0.25, -0.2) is 5.84 Å². The van der Waals surface area contributed by atoms with Gasteiger partial charge in [-0.15, -0.1) is 0 Å². The fourth-order valence-corrected chi connectivity index (χ4v) is 2.78. The Hall–Kier alpha value is -1.92. The molecular weight excluding hydrogens is 268 g/mol. The van der Waals surface area contributed by atoms with Crippen molar-refractivity contribution in [3.8, 4) is 0 Å². The highest BCUT2D eigenvalue weighted by Crippen LogP contribution is 2.20. The first-order valence-corrected chi connectivity index (χ1v) is 7.18. The number of piperidine rings is 1. The number of benzene rings is 1. The van der Waals surface area contributed by atoms with Gasteiger partial charge in [0.05, 0.1) is 12.3 Å². The maximum atomic E-state index is 11.5. The summed E-state index contributed by atoms with van der Waals surface area (Å²) in [4.78, 5) is 25.0. The fraction of sp³-hybridized carbons (Fsp3) is 0.467. The van der Waals surface area contributed by atoms with Crippen molar-refractivity contribution in [2.75, 3.05) is 13.1 Å². The average molecular weight is 290 g/mol. The number of hydrogen-bond donors (Lipinski definition) is 3. The monoisotopic (exact) mass is 290 g/mol. The maximum absolute atomic E-state index is 11.5. The molecule has 5 N–H and O–H groups in total. The Bertz CT molecular complexity index is 518. The number of primary amides is 1. The van der Waals surface area contributed by atoms with E-state index in [1.54, 1.807) is 0 Å². The summed E-state index contributed by atoms with van der Waals surface area (Å²) in [7, 11) is 0. The summed E-state index contributed by atoms with van der Waals surface area (Å²) >= 11 is 0. The van der Waals surface area contributed by atoms with E-state index >= 15 is 0 Å². The highest BCUT2D eigenvalue weighted by Gasteiger charge is 2.24. The van der Waals surface area contributed by atoms with Crippen molar-refractivity contribution in [2.45, 2.75) is 25.8 Å². The van der Waals surface area contributed by atoms with E-state index in [-0.39, 0.29) is 24.2 Å². The van der Waals surface area contributed by atoms with Gasteiger partial charge in [-0.1, -0.05) is 24.3 Å². The van der Waals surface area contributed by atoms with Gasteiger partial charge in [-0.05, 0) is 30.5 Å². The lowest BCUT2D eigenvalue weighted by atomic mass is 9.96. The number of hydrogen-bond acceptors (Lipinski definition) is 4. The number of rotatable bonds is 5. The lowest BCUT2D eigenvalue weighted by Crippen LogP contribution is -2.40. The summed E-state index contributed by atoms with van der Waals surface area (Å²) in [5.74, 6) is 4.63. The smallest absolute Gasteiger partial charge is 0.238 e. The van der Waals surface area contributed by atoms with Crippen LogP contribution in [0.5, 0.6) is 0 Å². The summed E-state index contributed by atoms with van der Waals surface area (Å²) in [6.45, 7) is 2.35. The standard InChI is InChI=1S/C15H22N4O2/c16-15(21)13-6-3-7-19(10-13)9-12-5-2-1-4-11(12)8-14(20)18-17/h1-2,4-5,13H,3,6-10,17H2,(H2,16,21)(H,18,20). The van der Waals surface area contributed by atoms with Gasteiger partial charge in [0, 0.05) is 13.1 Å². The van der Waals surface area contributed by atoms with Gasteiger partial charge in [-0.3, -0.25) is 19.9 Å². The minimum atomic E-state index is -0.226. The molecule has 0 saturated carbocycles. The number of carbonyl (C=O) groups excluding carboxylic acids is 2. The normalized spacial score (nSPS) is 19.2. The van der Waals surface area contributed by atoms with Crippen molar-refractivity contribution < 1.29 is 9.59 Å². The van der Waals surface area contributed by atoms with Crippen LogP contribution >= 0.6 is 0 Å². The first-order chi connectivity index (χ1) is 10.1. The average Bonchev–Trinajstić information content (AvgIpc) is 2.49. The molecule has 0 aliphatic carbocycles. The van der Waals surface area contributed by atoms with Crippen molar-refractivity contribution in [3.63, 3.8) is 0 Å². The number of nitrogens with two attached hydrogens (primary N) is 2. The maximum Gasteiger partial charge on any atom is 0.238 e. The van der Waals surface area contributed by atoms with Crippen LogP contribution in [-0.4, -0.2) is 29.8 Å². The highest BCUT2D eigenvalue weighted by molar-refractivity contribution is 5.78. The highest BCUT2D eigenvalue weighted by atomic mass is 16.2. The second kappa shape index (κ2) is 7.19. The minimum absolute atomic E-state index is 0.0711. The van der Waals surface area contributed by atoms with E-state index in [0.29, 0.717) is 6.54 Å². The van der Waals surface area contributed by atoms with Gasteiger partial charge in [0.25, 0.3) is 0 Å². The second-order valence-corrected chi connectivity index (χ2v) is 5.49. The Morgan fingerprint density at radius 1 is 1.29 bits per heavy atom. The topological polar surface area (TPSA) is 101 Å². The Morgan fingerprint density at radius 3 is 2.67 bits per heavy atom. The van der Waals surface area contributed by atoms with Crippen LogP contribution < -0.4 is 17.0 Å². The molecule has 0 bridgehead atoms. The second-order valence-electron chi connectivity index (χ2n) is 5.49. The van der Waals surface area contributed by atoms with Gasteiger partial charge < -0.3 is 5.73 Å². The van der Waals surface area contributed by atoms with Crippen LogP contribution in [0.2, 0.25) is 0 Å². The van der Waals surface area contributed by atoms with Crippen LogP contribution in [0.4, 0.5) is 0 Å². The van der Waals surface area contributed by atoms with Gasteiger partial charge in [0.15, 0.2) is 0 Å². The number of carbonyl (C=O) groups is 2. The van der Waals surface area contributed by atoms with Gasteiger partial charge in [0.2, 0.25) is 11.8 Å². The van der Waals surface area contributed by atoms with Crippen LogP contribution in [0.25, 0.3) is 0 Å². The quantitative estimate of drug-likeness (QED) is 0.401. The van der Waals surface area contributed by atoms with Crippen molar-refractivity contribution in [2.24, 2.45) is 17.5 Å². The number of nitrogens with zero attached hydrogens (tertiary/aromatic N) is 1. The molecule has 0 radical (unpaired) electrons. The van der Waals surface area contributed by atoms with E-state index in [9.17, 15) is 9.59 Å². The molecule has 1 aromatic rings. The Balaban J connectivity index is 2.05. The zero-order valence-corrected chi connectivity index (χ0v) is 12.0. The third kappa shape index (κ3) is 4.27. The van der Waals surface area contributed by atoms with E-state index in [1.807, 2.05) is 24.3 Å². The van der Waals surface area contributed by atoms with Gasteiger partial charge in [0.1, 0.15) is 0 Å². The molecule has 1 atom stereocenters. The molecule has 1 aliphatic rings. The molecule has 114 valence electrons. The Labute approximate surface area is 124 Å². The van der Waals surface area contributed by atoms with Crippen molar-refractivity contribution in [1.82, 2.24) is 10.3 Å². The van der Waals surface area contributed by atoms with Crippen molar-refractivity contribution in [3.05, 3.63) is 35.4 Å². The minimum Gasteiger partial charge on any atom is -0.369 e. The predicted octanol–water partition coefficient (Wildman–Crippen LogP) is -0.0837.